The summed E-state index contributed by atoms with van der Waals surface area (Å²) in [6.45, 7) is 2.76. The number of carboxylic acids is 1. The normalized spacial score (nSPS) is 18.1. The molecule has 0 unspecified atom stereocenters. The summed E-state index contributed by atoms with van der Waals surface area (Å²) in [5.74, 6) is -1.51. The maximum atomic E-state index is 14.5. The fraction of sp³-hybridized carbons (Fsp3) is 0.438. The van der Waals surface area contributed by atoms with E-state index in [2.05, 4.69) is 10.3 Å². The van der Waals surface area contributed by atoms with E-state index in [4.69, 9.17) is 0 Å². The number of carbonyl (C=O) groups is 1. The Labute approximate surface area is 136 Å². The van der Waals surface area contributed by atoms with Crippen molar-refractivity contribution in [3.05, 3.63) is 39.6 Å². The molecule has 1 saturated carbocycles. The minimum Gasteiger partial charge on any atom is -0.477 e. The van der Waals surface area contributed by atoms with E-state index in [0.717, 1.165) is 36.5 Å². The Kier molecular flexibility index (Phi) is 3.49. The molecular weight excluding hydrogens is 315 g/mol. The van der Waals surface area contributed by atoms with Crippen LogP contribution in [0.3, 0.4) is 0 Å². The van der Waals surface area contributed by atoms with E-state index in [-0.39, 0.29) is 17.3 Å². The molecule has 1 aliphatic heterocycles. The van der Waals surface area contributed by atoms with Crippen molar-refractivity contribution in [3.8, 4) is 0 Å². The van der Waals surface area contributed by atoms with Crippen LogP contribution in [-0.4, -0.2) is 46.6 Å². The zero-order chi connectivity index (χ0) is 16.8. The van der Waals surface area contributed by atoms with Crippen LogP contribution in [0.4, 0.5) is 10.2 Å². The van der Waals surface area contributed by atoms with Gasteiger partial charge >= 0.3 is 5.97 Å². The molecule has 2 fully saturated rings. The van der Waals surface area contributed by atoms with E-state index in [0.29, 0.717) is 24.3 Å². The highest BCUT2D eigenvalue weighted by molar-refractivity contribution is 5.88. The molecule has 0 spiro atoms. The van der Waals surface area contributed by atoms with Crippen LogP contribution in [0.25, 0.3) is 5.65 Å². The van der Waals surface area contributed by atoms with Crippen LogP contribution in [0.2, 0.25) is 0 Å². The number of hydrogen-bond acceptors (Lipinski definition) is 5. The first kappa shape index (κ1) is 15.1. The fourth-order valence-corrected chi connectivity index (χ4v) is 3.16. The molecule has 0 aromatic carbocycles. The lowest BCUT2D eigenvalue weighted by atomic mass is 10.1. The van der Waals surface area contributed by atoms with E-state index < -0.39 is 17.3 Å². The Hall–Kier alpha value is -2.48. The first-order valence-electron chi connectivity index (χ1n) is 8.01. The number of pyridine rings is 1. The summed E-state index contributed by atoms with van der Waals surface area (Å²) in [5.41, 5.74) is -0.0171. The molecule has 4 rings (SSSR count). The second-order valence-corrected chi connectivity index (χ2v) is 6.24. The van der Waals surface area contributed by atoms with Gasteiger partial charge in [-0.1, -0.05) is 0 Å². The number of fused-ring (bicyclic) bond motifs is 1. The van der Waals surface area contributed by atoms with Crippen molar-refractivity contribution in [2.24, 2.45) is 0 Å². The van der Waals surface area contributed by atoms with Gasteiger partial charge in [-0.25, -0.2) is 14.2 Å². The van der Waals surface area contributed by atoms with Crippen LogP contribution in [-0.2, 0) is 0 Å². The van der Waals surface area contributed by atoms with Gasteiger partial charge in [-0.15, -0.1) is 0 Å². The number of piperazine rings is 1. The van der Waals surface area contributed by atoms with Gasteiger partial charge in [0.25, 0.3) is 5.56 Å². The summed E-state index contributed by atoms with van der Waals surface area (Å²) >= 11 is 0. The van der Waals surface area contributed by atoms with Crippen molar-refractivity contribution >= 4 is 17.4 Å². The Morgan fingerprint density at radius 3 is 2.67 bits per heavy atom. The number of carboxylic acid groups (broad SMARTS) is 1. The van der Waals surface area contributed by atoms with E-state index in [1.807, 2.05) is 4.90 Å². The maximum absolute atomic E-state index is 14.5. The predicted molar refractivity (Wildman–Crippen MR) is 85.4 cm³/mol. The predicted octanol–water partition coefficient (Wildman–Crippen LogP) is 0.819. The van der Waals surface area contributed by atoms with Crippen LogP contribution in [0.1, 0.15) is 34.7 Å². The van der Waals surface area contributed by atoms with Gasteiger partial charge in [-0.3, -0.25) is 9.20 Å². The van der Waals surface area contributed by atoms with Crippen LogP contribution in [0, 0.1) is 5.82 Å². The van der Waals surface area contributed by atoms with Gasteiger partial charge < -0.3 is 15.3 Å². The van der Waals surface area contributed by atoms with E-state index in [1.54, 1.807) is 0 Å². The van der Waals surface area contributed by atoms with Crippen molar-refractivity contribution in [3.63, 3.8) is 0 Å². The quantitative estimate of drug-likeness (QED) is 0.865. The molecule has 0 atom stereocenters. The average molecular weight is 332 g/mol. The molecule has 0 radical (unpaired) electrons. The van der Waals surface area contributed by atoms with E-state index in [9.17, 15) is 19.1 Å². The van der Waals surface area contributed by atoms with Gasteiger partial charge in [0.1, 0.15) is 11.2 Å². The first-order chi connectivity index (χ1) is 11.6. The summed E-state index contributed by atoms with van der Waals surface area (Å²) in [7, 11) is 0. The van der Waals surface area contributed by atoms with E-state index in [1.165, 1.54) is 6.07 Å². The van der Waals surface area contributed by atoms with Crippen LogP contribution in [0.15, 0.2) is 17.1 Å². The Morgan fingerprint density at radius 2 is 2.04 bits per heavy atom. The molecule has 1 aliphatic carbocycles. The van der Waals surface area contributed by atoms with Gasteiger partial charge in [0, 0.05) is 26.2 Å². The molecule has 2 aromatic heterocycles. The molecule has 8 heteroatoms. The fourth-order valence-electron chi connectivity index (χ4n) is 3.16. The summed E-state index contributed by atoms with van der Waals surface area (Å²) in [5, 5.41) is 12.4. The lowest BCUT2D eigenvalue weighted by molar-refractivity contribution is 0.0694. The van der Waals surface area contributed by atoms with Crippen molar-refractivity contribution in [1.29, 1.82) is 0 Å². The first-order valence-corrected chi connectivity index (χ1v) is 8.01. The van der Waals surface area contributed by atoms with Crippen LogP contribution in [0.5, 0.6) is 0 Å². The lowest BCUT2D eigenvalue weighted by Gasteiger charge is -2.29. The second kappa shape index (κ2) is 5.55. The Morgan fingerprint density at radius 1 is 1.33 bits per heavy atom. The minimum atomic E-state index is -1.30. The maximum Gasteiger partial charge on any atom is 0.341 e. The molecule has 2 aromatic rings. The number of halogens is 1. The summed E-state index contributed by atoms with van der Waals surface area (Å²) < 4.78 is 15.6. The van der Waals surface area contributed by atoms with Gasteiger partial charge in [0.15, 0.2) is 11.6 Å². The highest BCUT2D eigenvalue weighted by Crippen LogP contribution is 2.41. The lowest BCUT2D eigenvalue weighted by Crippen LogP contribution is -2.44. The molecular formula is C16H17FN4O3. The third-order valence-electron chi connectivity index (χ3n) is 4.57. The molecule has 1 saturated heterocycles. The number of hydrogen-bond donors (Lipinski definition) is 2. The largest absolute Gasteiger partial charge is 0.477 e. The van der Waals surface area contributed by atoms with Crippen molar-refractivity contribution < 1.29 is 14.3 Å². The zero-order valence-electron chi connectivity index (χ0n) is 13.0. The smallest absolute Gasteiger partial charge is 0.341 e. The molecule has 2 aliphatic rings. The summed E-state index contributed by atoms with van der Waals surface area (Å²) in [6.07, 6.45) is 2.92. The van der Waals surface area contributed by atoms with Gasteiger partial charge in [-0.2, -0.15) is 0 Å². The number of aromatic nitrogens is 2. The van der Waals surface area contributed by atoms with Crippen LogP contribution < -0.4 is 15.8 Å². The highest BCUT2D eigenvalue weighted by Gasteiger charge is 2.30. The second-order valence-electron chi connectivity index (χ2n) is 6.24. The summed E-state index contributed by atoms with van der Waals surface area (Å²) in [4.78, 5) is 29.9. The Balaban J connectivity index is 1.95. The third kappa shape index (κ3) is 2.43. The number of aromatic carboxylic acids is 1. The SMILES string of the molecule is O=C(O)c1cc(C2CC2)c2nc(N3CCNCC3)c(F)cn2c1=O. The number of nitrogens with zero attached hydrogens (tertiary/aromatic N) is 3. The van der Waals surface area contributed by atoms with Crippen molar-refractivity contribution in [2.45, 2.75) is 18.8 Å². The number of anilines is 1. The average Bonchev–Trinajstić information content (AvgIpc) is 3.40. The molecule has 0 amide bonds. The zero-order valence-corrected chi connectivity index (χ0v) is 13.0. The number of rotatable bonds is 3. The molecule has 24 heavy (non-hydrogen) atoms. The third-order valence-corrected chi connectivity index (χ3v) is 4.57. The standard InChI is InChI=1S/C16H17FN4O3/c17-12-8-21-13(19-14(12)20-5-3-18-4-6-20)10(9-1-2-9)7-11(15(21)22)16(23)24/h7-9,18H,1-6H2,(H,23,24). The number of nitrogens with one attached hydrogen (secondary N) is 1. The molecule has 7 nitrogen and oxygen atoms in total. The molecule has 3 heterocycles. The van der Waals surface area contributed by atoms with E-state index >= 15 is 0 Å². The Bertz CT molecular complexity index is 885. The summed E-state index contributed by atoms with van der Waals surface area (Å²) in [6, 6.07) is 1.41. The minimum absolute atomic E-state index is 0.188. The van der Waals surface area contributed by atoms with Crippen molar-refractivity contribution in [2.75, 3.05) is 31.1 Å². The van der Waals surface area contributed by atoms with Crippen LogP contribution >= 0.6 is 0 Å². The highest BCUT2D eigenvalue weighted by atomic mass is 19.1. The molecule has 2 N–H and O–H groups in total. The van der Waals surface area contributed by atoms with Gasteiger partial charge in [0.2, 0.25) is 0 Å². The topological polar surface area (TPSA) is 86.9 Å². The monoisotopic (exact) mass is 332 g/mol. The van der Waals surface area contributed by atoms with Gasteiger partial charge in [0.05, 0.1) is 6.20 Å². The molecule has 0 bridgehead atoms. The van der Waals surface area contributed by atoms with Gasteiger partial charge in [-0.05, 0) is 30.4 Å². The molecule has 126 valence electrons. The van der Waals surface area contributed by atoms with Crippen molar-refractivity contribution in [1.82, 2.24) is 14.7 Å².